The maximum atomic E-state index is 11.3. The second-order valence-electron chi connectivity index (χ2n) is 5.43. The summed E-state index contributed by atoms with van der Waals surface area (Å²) in [5.41, 5.74) is 1.58. The number of pyridine rings is 1. The number of benzene rings is 1. The first-order chi connectivity index (χ1) is 10.7. The molecular formula is C17H19N3O2. The Morgan fingerprint density at radius 3 is 2.45 bits per heavy atom. The molecule has 0 amide bonds. The zero-order valence-corrected chi connectivity index (χ0v) is 12.4. The van der Waals surface area contributed by atoms with Crippen molar-refractivity contribution in [3.8, 4) is 0 Å². The highest BCUT2D eigenvalue weighted by atomic mass is 16.4. The van der Waals surface area contributed by atoms with Crippen LogP contribution in [0.2, 0.25) is 0 Å². The molecule has 0 bridgehead atoms. The van der Waals surface area contributed by atoms with Crippen molar-refractivity contribution in [3.63, 3.8) is 0 Å². The lowest BCUT2D eigenvalue weighted by molar-refractivity contribution is 0.0697. The fourth-order valence-corrected chi connectivity index (χ4v) is 2.78. The van der Waals surface area contributed by atoms with Crippen molar-refractivity contribution in [1.29, 1.82) is 0 Å². The van der Waals surface area contributed by atoms with E-state index in [4.69, 9.17) is 0 Å². The molecule has 2 heterocycles. The zero-order chi connectivity index (χ0) is 15.4. The van der Waals surface area contributed by atoms with Gasteiger partial charge in [0, 0.05) is 38.9 Å². The number of rotatable bonds is 4. The Morgan fingerprint density at radius 1 is 1.05 bits per heavy atom. The van der Waals surface area contributed by atoms with E-state index < -0.39 is 5.97 Å². The minimum atomic E-state index is -0.921. The van der Waals surface area contributed by atoms with Gasteiger partial charge in [0.1, 0.15) is 11.4 Å². The molecule has 1 aliphatic heterocycles. The maximum Gasteiger partial charge on any atom is 0.339 e. The van der Waals surface area contributed by atoms with Crippen LogP contribution in [0.5, 0.6) is 0 Å². The first-order valence-electron chi connectivity index (χ1n) is 7.43. The van der Waals surface area contributed by atoms with Gasteiger partial charge in [-0.3, -0.25) is 4.90 Å². The zero-order valence-electron chi connectivity index (χ0n) is 12.4. The lowest BCUT2D eigenvalue weighted by atomic mass is 10.2. The van der Waals surface area contributed by atoms with Crippen LogP contribution in [0, 0.1) is 0 Å². The van der Waals surface area contributed by atoms with Crippen molar-refractivity contribution in [3.05, 3.63) is 59.8 Å². The highest BCUT2D eigenvalue weighted by Crippen LogP contribution is 2.19. The summed E-state index contributed by atoms with van der Waals surface area (Å²) in [5.74, 6) is -0.343. The topological polar surface area (TPSA) is 56.7 Å². The number of carboxylic acids is 1. The van der Waals surface area contributed by atoms with Gasteiger partial charge in [0.15, 0.2) is 0 Å². The van der Waals surface area contributed by atoms with Gasteiger partial charge in [-0.25, -0.2) is 9.78 Å². The van der Waals surface area contributed by atoms with E-state index in [-0.39, 0.29) is 5.56 Å². The Hall–Kier alpha value is -2.40. The summed E-state index contributed by atoms with van der Waals surface area (Å²) in [5, 5.41) is 9.27. The summed E-state index contributed by atoms with van der Waals surface area (Å²) in [6.45, 7) is 4.34. The van der Waals surface area contributed by atoms with Gasteiger partial charge in [-0.2, -0.15) is 0 Å². The summed E-state index contributed by atoms with van der Waals surface area (Å²) in [4.78, 5) is 20.0. The van der Waals surface area contributed by atoms with Crippen molar-refractivity contribution in [1.82, 2.24) is 9.88 Å². The quantitative estimate of drug-likeness (QED) is 0.936. The van der Waals surface area contributed by atoms with Gasteiger partial charge in [-0.1, -0.05) is 30.3 Å². The van der Waals surface area contributed by atoms with Crippen LogP contribution in [-0.2, 0) is 6.54 Å². The minimum absolute atomic E-state index is 0.277. The Morgan fingerprint density at radius 2 is 1.77 bits per heavy atom. The number of carbonyl (C=O) groups is 1. The molecule has 5 heteroatoms. The van der Waals surface area contributed by atoms with E-state index in [0.717, 1.165) is 32.7 Å². The van der Waals surface area contributed by atoms with Gasteiger partial charge in [-0.05, 0) is 17.7 Å². The molecule has 5 nitrogen and oxygen atoms in total. The summed E-state index contributed by atoms with van der Waals surface area (Å²) >= 11 is 0. The number of nitrogens with zero attached hydrogens (tertiary/aromatic N) is 3. The van der Waals surface area contributed by atoms with E-state index in [1.165, 1.54) is 5.56 Å². The van der Waals surface area contributed by atoms with Crippen molar-refractivity contribution in [2.24, 2.45) is 0 Å². The van der Waals surface area contributed by atoms with Crippen LogP contribution in [-0.4, -0.2) is 47.1 Å². The molecule has 0 aliphatic carbocycles. The molecule has 1 saturated heterocycles. The first-order valence-corrected chi connectivity index (χ1v) is 7.43. The second kappa shape index (κ2) is 6.58. The number of hydrogen-bond acceptors (Lipinski definition) is 4. The Kier molecular flexibility index (Phi) is 4.34. The van der Waals surface area contributed by atoms with Crippen LogP contribution in [0.15, 0.2) is 48.7 Å². The van der Waals surface area contributed by atoms with Gasteiger partial charge in [0.25, 0.3) is 0 Å². The third-order valence-corrected chi connectivity index (χ3v) is 3.94. The monoisotopic (exact) mass is 297 g/mol. The summed E-state index contributed by atoms with van der Waals surface area (Å²) in [6.07, 6.45) is 1.65. The van der Waals surface area contributed by atoms with Gasteiger partial charge < -0.3 is 10.0 Å². The molecule has 22 heavy (non-hydrogen) atoms. The van der Waals surface area contributed by atoms with Crippen molar-refractivity contribution in [2.45, 2.75) is 6.54 Å². The van der Waals surface area contributed by atoms with E-state index in [9.17, 15) is 9.90 Å². The largest absolute Gasteiger partial charge is 0.478 e. The molecule has 0 atom stereocenters. The number of aromatic nitrogens is 1. The van der Waals surface area contributed by atoms with Crippen molar-refractivity contribution < 1.29 is 9.90 Å². The number of hydrogen-bond donors (Lipinski definition) is 1. The normalized spacial score (nSPS) is 15.7. The van der Waals surface area contributed by atoms with E-state index in [0.29, 0.717) is 5.82 Å². The average molecular weight is 297 g/mol. The van der Waals surface area contributed by atoms with E-state index >= 15 is 0 Å². The minimum Gasteiger partial charge on any atom is -0.478 e. The highest BCUT2D eigenvalue weighted by Gasteiger charge is 2.22. The number of aromatic carboxylic acids is 1. The van der Waals surface area contributed by atoms with Gasteiger partial charge in [-0.15, -0.1) is 0 Å². The van der Waals surface area contributed by atoms with Crippen LogP contribution in [0.1, 0.15) is 15.9 Å². The highest BCUT2D eigenvalue weighted by molar-refractivity contribution is 5.93. The molecule has 1 aromatic carbocycles. The molecule has 2 aromatic rings. The summed E-state index contributed by atoms with van der Waals surface area (Å²) in [7, 11) is 0. The van der Waals surface area contributed by atoms with Crippen molar-refractivity contribution >= 4 is 11.8 Å². The standard InChI is InChI=1S/C17H19N3O2/c21-17(22)15-7-4-8-18-16(15)20-11-9-19(10-12-20)13-14-5-2-1-3-6-14/h1-8H,9-13H2,(H,21,22). The number of anilines is 1. The molecule has 1 aliphatic rings. The Balaban J connectivity index is 1.64. The summed E-state index contributed by atoms with van der Waals surface area (Å²) in [6, 6.07) is 13.7. The van der Waals surface area contributed by atoms with Crippen LogP contribution in [0.25, 0.3) is 0 Å². The van der Waals surface area contributed by atoms with Crippen molar-refractivity contribution in [2.75, 3.05) is 31.1 Å². The predicted molar refractivity (Wildman–Crippen MR) is 85.1 cm³/mol. The van der Waals surface area contributed by atoms with Crippen LogP contribution >= 0.6 is 0 Å². The van der Waals surface area contributed by atoms with Gasteiger partial charge in [0.2, 0.25) is 0 Å². The molecule has 1 N–H and O–H groups in total. The number of piperazine rings is 1. The third kappa shape index (κ3) is 3.26. The fourth-order valence-electron chi connectivity index (χ4n) is 2.78. The molecule has 3 rings (SSSR count). The SMILES string of the molecule is O=C(O)c1cccnc1N1CCN(Cc2ccccc2)CC1. The van der Waals surface area contributed by atoms with Crippen LogP contribution < -0.4 is 4.90 Å². The Bertz CT molecular complexity index is 637. The van der Waals surface area contributed by atoms with E-state index in [2.05, 4.69) is 39.0 Å². The molecular weight excluding hydrogens is 278 g/mol. The molecule has 0 unspecified atom stereocenters. The first kappa shape index (κ1) is 14.5. The van der Waals surface area contributed by atoms with Gasteiger partial charge >= 0.3 is 5.97 Å². The average Bonchev–Trinajstić information content (AvgIpc) is 2.56. The van der Waals surface area contributed by atoms with E-state index in [1.807, 2.05) is 6.07 Å². The smallest absolute Gasteiger partial charge is 0.339 e. The lowest BCUT2D eigenvalue weighted by Crippen LogP contribution is -2.46. The molecule has 1 aromatic heterocycles. The lowest BCUT2D eigenvalue weighted by Gasteiger charge is -2.35. The Labute approximate surface area is 129 Å². The third-order valence-electron chi connectivity index (χ3n) is 3.94. The molecule has 0 radical (unpaired) electrons. The molecule has 1 fully saturated rings. The molecule has 0 saturated carbocycles. The molecule has 0 spiro atoms. The second-order valence-corrected chi connectivity index (χ2v) is 5.43. The predicted octanol–water partition coefficient (Wildman–Crippen LogP) is 2.10. The van der Waals surface area contributed by atoms with Gasteiger partial charge in [0.05, 0.1) is 0 Å². The summed E-state index contributed by atoms with van der Waals surface area (Å²) < 4.78 is 0. The fraction of sp³-hybridized carbons (Fsp3) is 0.294. The molecule has 114 valence electrons. The maximum absolute atomic E-state index is 11.3. The van der Waals surface area contributed by atoms with Crippen LogP contribution in [0.4, 0.5) is 5.82 Å². The van der Waals surface area contributed by atoms with Crippen LogP contribution in [0.3, 0.4) is 0 Å². The van der Waals surface area contributed by atoms with E-state index in [1.54, 1.807) is 18.3 Å². The number of carboxylic acid groups (broad SMARTS) is 1.